The molecule has 0 bridgehead atoms. The summed E-state index contributed by atoms with van der Waals surface area (Å²) < 4.78 is 0.350. The molecule has 1 aliphatic rings. The predicted octanol–water partition coefficient (Wildman–Crippen LogP) is 3.00. The van der Waals surface area contributed by atoms with E-state index >= 15 is 0 Å². The third-order valence-corrected chi connectivity index (χ3v) is 5.91. The van der Waals surface area contributed by atoms with E-state index in [0.29, 0.717) is 15.6 Å². The second-order valence-electron chi connectivity index (χ2n) is 6.72. The van der Waals surface area contributed by atoms with Crippen LogP contribution in [-0.2, 0) is 16.0 Å². The van der Waals surface area contributed by atoms with Gasteiger partial charge in [-0.2, -0.15) is 0 Å². The number of carbonyl (C=O) groups excluding carboxylic acids is 2. The lowest BCUT2D eigenvalue weighted by Crippen LogP contribution is -2.51. The number of hydrogen-bond donors (Lipinski definition) is 2. The summed E-state index contributed by atoms with van der Waals surface area (Å²) in [6, 6.07) is 17.9. The van der Waals surface area contributed by atoms with E-state index in [-0.39, 0.29) is 18.4 Å². The number of aliphatic hydroxyl groups is 1. The number of nitrogens with one attached hydrogen (secondary N) is 1. The van der Waals surface area contributed by atoms with Crippen LogP contribution in [0.25, 0.3) is 6.08 Å². The molecular formula is C22H22N2O3S2. The predicted molar refractivity (Wildman–Crippen MR) is 120 cm³/mol. The quantitative estimate of drug-likeness (QED) is 0.526. The fourth-order valence-corrected chi connectivity index (χ4v) is 4.43. The van der Waals surface area contributed by atoms with Crippen LogP contribution in [0.4, 0.5) is 0 Å². The van der Waals surface area contributed by atoms with E-state index in [1.165, 1.54) is 16.7 Å². The molecule has 2 atom stereocenters. The summed E-state index contributed by atoms with van der Waals surface area (Å²) in [6.07, 6.45) is 2.28. The number of benzene rings is 2. The zero-order valence-electron chi connectivity index (χ0n) is 15.9. The maximum absolute atomic E-state index is 12.8. The average Bonchev–Trinajstić information content (AvgIpc) is 3.01. The summed E-state index contributed by atoms with van der Waals surface area (Å²) in [5, 5.41) is 12.5. The molecule has 0 aromatic heterocycles. The minimum Gasteiger partial charge on any atom is -0.394 e. The van der Waals surface area contributed by atoms with Crippen LogP contribution in [0.1, 0.15) is 18.1 Å². The van der Waals surface area contributed by atoms with Crippen LogP contribution >= 0.6 is 24.0 Å². The third kappa shape index (κ3) is 5.32. The van der Waals surface area contributed by atoms with Gasteiger partial charge in [0.25, 0.3) is 5.91 Å². The van der Waals surface area contributed by atoms with E-state index in [0.717, 1.165) is 11.1 Å². The van der Waals surface area contributed by atoms with Gasteiger partial charge in [-0.15, -0.1) is 0 Å². The normalized spacial score (nSPS) is 17.4. The Morgan fingerprint density at radius 3 is 2.41 bits per heavy atom. The minimum absolute atomic E-state index is 0.195. The third-order valence-electron chi connectivity index (χ3n) is 4.58. The molecule has 2 amide bonds. The number of rotatable bonds is 7. The van der Waals surface area contributed by atoms with Crippen molar-refractivity contribution in [2.45, 2.75) is 25.4 Å². The van der Waals surface area contributed by atoms with Gasteiger partial charge in [0.1, 0.15) is 10.4 Å². The number of aliphatic hydroxyl groups excluding tert-OH is 1. The zero-order chi connectivity index (χ0) is 20.8. The number of thiocarbonyl (C=S) groups is 1. The van der Waals surface area contributed by atoms with Crippen LogP contribution < -0.4 is 5.32 Å². The summed E-state index contributed by atoms with van der Waals surface area (Å²) in [6.45, 7) is 1.45. The van der Waals surface area contributed by atoms with Crippen molar-refractivity contribution in [1.82, 2.24) is 10.2 Å². The summed E-state index contributed by atoms with van der Waals surface area (Å²) in [5.74, 6) is -0.632. The summed E-state index contributed by atoms with van der Waals surface area (Å²) >= 11 is 6.54. The van der Waals surface area contributed by atoms with Gasteiger partial charge in [0, 0.05) is 0 Å². The Morgan fingerprint density at radius 1 is 1.17 bits per heavy atom. The minimum atomic E-state index is -0.769. The molecule has 1 fully saturated rings. The molecule has 0 saturated carbocycles. The van der Waals surface area contributed by atoms with Gasteiger partial charge < -0.3 is 10.4 Å². The molecule has 1 heterocycles. The molecule has 2 aromatic carbocycles. The fourth-order valence-electron chi connectivity index (χ4n) is 3.01. The second kappa shape index (κ2) is 9.82. The smallest absolute Gasteiger partial charge is 0.266 e. The first-order chi connectivity index (χ1) is 14.0. The molecule has 150 valence electrons. The van der Waals surface area contributed by atoms with Crippen molar-refractivity contribution in [1.29, 1.82) is 0 Å². The highest BCUT2D eigenvalue weighted by Crippen LogP contribution is 2.34. The first-order valence-electron chi connectivity index (χ1n) is 9.27. The topological polar surface area (TPSA) is 69.6 Å². The van der Waals surface area contributed by atoms with E-state index in [2.05, 4.69) is 5.32 Å². The van der Waals surface area contributed by atoms with E-state index in [4.69, 9.17) is 12.2 Å². The maximum Gasteiger partial charge on any atom is 0.266 e. The monoisotopic (exact) mass is 426 g/mol. The van der Waals surface area contributed by atoms with E-state index in [1.807, 2.05) is 60.7 Å². The standard InChI is InChI=1S/C22H22N2O3S2/c1-15(20(26)23-18(14-25)12-16-8-4-2-5-9-16)24-21(27)19(29-22(24)28)13-17-10-6-3-7-11-17/h2-11,13,15,18,25H,12,14H2,1H3,(H,23,26)/b19-13-/t15-,18-/m1/s1. The highest BCUT2D eigenvalue weighted by atomic mass is 32.2. The van der Waals surface area contributed by atoms with Crippen molar-refractivity contribution in [2.24, 2.45) is 0 Å². The summed E-state index contributed by atoms with van der Waals surface area (Å²) in [4.78, 5) is 27.4. The van der Waals surface area contributed by atoms with E-state index < -0.39 is 12.1 Å². The molecule has 0 radical (unpaired) electrons. The molecule has 0 spiro atoms. The zero-order valence-corrected chi connectivity index (χ0v) is 17.6. The molecule has 2 aromatic rings. The Bertz CT molecular complexity index is 916. The lowest BCUT2D eigenvalue weighted by atomic mass is 10.1. The van der Waals surface area contributed by atoms with Gasteiger partial charge in [-0.1, -0.05) is 84.6 Å². The number of thioether (sulfide) groups is 1. The maximum atomic E-state index is 12.8. The Labute approximate surface area is 179 Å². The van der Waals surface area contributed by atoms with Crippen LogP contribution in [0.5, 0.6) is 0 Å². The van der Waals surface area contributed by atoms with Crippen molar-refractivity contribution >= 4 is 46.2 Å². The Kier molecular flexibility index (Phi) is 7.19. The van der Waals surface area contributed by atoms with Crippen LogP contribution in [0, 0.1) is 0 Å². The van der Waals surface area contributed by atoms with Crippen molar-refractivity contribution in [3.8, 4) is 0 Å². The van der Waals surface area contributed by atoms with E-state index in [9.17, 15) is 14.7 Å². The SMILES string of the molecule is C[C@H](C(=O)N[C@@H](CO)Cc1ccccc1)N1C(=O)/C(=C/c2ccccc2)SC1=S. The van der Waals surface area contributed by atoms with Gasteiger partial charge in [0.05, 0.1) is 17.6 Å². The van der Waals surface area contributed by atoms with Gasteiger partial charge in [-0.25, -0.2) is 0 Å². The molecule has 1 saturated heterocycles. The molecule has 0 aliphatic carbocycles. The van der Waals surface area contributed by atoms with Gasteiger partial charge in [-0.05, 0) is 30.5 Å². The first kappa shape index (κ1) is 21.2. The number of hydrogen-bond acceptors (Lipinski definition) is 5. The lowest BCUT2D eigenvalue weighted by Gasteiger charge is -2.25. The summed E-state index contributed by atoms with van der Waals surface area (Å²) in [5.41, 5.74) is 1.91. The molecule has 0 unspecified atom stereocenters. The van der Waals surface area contributed by atoms with Crippen LogP contribution in [0.15, 0.2) is 65.6 Å². The Morgan fingerprint density at radius 2 is 1.79 bits per heavy atom. The molecule has 1 aliphatic heterocycles. The molecule has 5 nitrogen and oxygen atoms in total. The van der Waals surface area contributed by atoms with Gasteiger partial charge in [0.15, 0.2) is 0 Å². The van der Waals surface area contributed by atoms with Crippen molar-refractivity contribution < 1.29 is 14.7 Å². The lowest BCUT2D eigenvalue weighted by molar-refractivity contribution is -0.132. The molecule has 3 rings (SSSR count). The van der Waals surface area contributed by atoms with Crippen molar-refractivity contribution in [3.63, 3.8) is 0 Å². The van der Waals surface area contributed by atoms with Gasteiger partial charge in [0.2, 0.25) is 5.91 Å². The first-order valence-corrected chi connectivity index (χ1v) is 10.5. The number of amides is 2. The van der Waals surface area contributed by atoms with Gasteiger partial charge in [-0.3, -0.25) is 14.5 Å². The fraction of sp³-hybridized carbons (Fsp3) is 0.227. The van der Waals surface area contributed by atoms with Crippen LogP contribution in [-0.4, -0.2) is 44.8 Å². The van der Waals surface area contributed by atoms with Crippen LogP contribution in [0.2, 0.25) is 0 Å². The van der Waals surface area contributed by atoms with Crippen molar-refractivity contribution in [2.75, 3.05) is 6.61 Å². The van der Waals surface area contributed by atoms with E-state index in [1.54, 1.807) is 13.0 Å². The highest BCUT2D eigenvalue weighted by Gasteiger charge is 2.38. The van der Waals surface area contributed by atoms with Gasteiger partial charge >= 0.3 is 0 Å². The number of nitrogens with zero attached hydrogens (tertiary/aromatic N) is 1. The largest absolute Gasteiger partial charge is 0.394 e. The Balaban J connectivity index is 1.67. The summed E-state index contributed by atoms with van der Waals surface area (Å²) in [7, 11) is 0. The molecule has 7 heteroatoms. The second-order valence-corrected chi connectivity index (χ2v) is 8.39. The molecule has 29 heavy (non-hydrogen) atoms. The highest BCUT2D eigenvalue weighted by molar-refractivity contribution is 8.26. The number of carbonyl (C=O) groups is 2. The van der Waals surface area contributed by atoms with Crippen LogP contribution in [0.3, 0.4) is 0 Å². The van der Waals surface area contributed by atoms with Crippen molar-refractivity contribution in [3.05, 3.63) is 76.7 Å². The average molecular weight is 427 g/mol. The molecular weight excluding hydrogens is 404 g/mol. The molecule has 2 N–H and O–H groups in total. The Hall–Kier alpha value is -2.48.